The van der Waals surface area contributed by atoms with Gasteiger partial charge in [0.05, 0.1) is 0 Å². The van der Waals surface area contributed by atoms with Crippen LogP contribution in [0.3, 0.4) is 0 Å². The lowest BCUT2D eigenvalue weighted by molar-refractivity contribution is 1.10. The SMILES string of the molecule is IC1C=CC(c2cccc3c2sc2c(-c4ccccc4)cccc23)=CC1. The molecule has 0 bridgehead atoms. The number of benzene rings is 3. The highest BCUT2D eigenvalue weighted by atomic mass is 127. The van der Waals surface area contributed by atoms with E-state index in [1.54, 1.807) is 0 Å². The van der Waals surface area contributed by atoms with Crippen LogP contribution in [0.25, 0.3) is 36.9 Å². The minimum absolute atomic E-state index is 0.614. The Balaban J connectivity index is 1.78. The summed E-state index contributed by atoms with van der Waals surface area (Å²) in [6.45, 7) is 0. The normalized spacial score (nSPS) is 17.0. The van der Waals surface area contributed by atoms with Crippen molar-refractivity contribution < 1.29 is 0 Å². The van der Waals surface area contributed by atoms with Gasteiger partial charge in [0, 0.05) is 24.1 Å². The largest absolute Gasteiger partial charge is 0.134 e. The predicted molar refractivity (Wildman–Crippen MR) is 124 cm³/mol. The standard InChI is InChI=1S/C24H17IS/c25-18-14-12-17(13-15-18)20-9-5-11-22-21-10-4-8-19(23(21)26-24(20)22)16-6-2-1-3-7-16/h1-14,18H,15H2. The van der Waals surface area contributed by atoms with Crippen LogP contribution in [0.4, 0.5) is 0 Å². The Morgan fingerprint density at radius 3 is 2.15 bits per heavy atom. The van der Waals surface area contributed by atoms with Crippen molar-refractivity contribution in [3.05, 3.63) is 90.5 Å². The highest BCUT2D eigenvalue weighted by Gasteiger charge is 2.15. The fraction of sp³-hybridized carbons (Fsp3) is 0.0833. The van der Waals surface area contributed by atoms with Gasteiger partial charge in [-0.05, 0) is 28.7 Å². The third kappa shape index (κ3) is 2.72. The van der Waals surface area contributed by atoms with E-state index < -0.39 is 0 Å². The first-order valence-corrected chi connectivity index (χ1v) is 10.9. The van der Waals surface area contributed by atoms with E-state index in [2.05, 4.69) is 108 Å². The van der Waals surface area contributed by atoms with Crippen molar-refractivity contribution in [2.24, 2.45) is 0 Å². The van der Waals surface area contributed by atoms with Gasteiger partial charge in [0.2, 0.25) is 0 Å². The summed E-state index contributed by atoms with van der Waals surface area (Å²) in [6.07, 6.45) is 8.10. The van der Waals surface area contributed by atoms with Crippen LogP contribution >= 0.6 is 33.9 Å². The van der Waals surface area contributed by atoms with Crippen LogP contribution in [0, 0.1) is 0 Å². The number of rotatable bonds is 2. The zero-order valence-electron chi connectivity index (χ0n) is 14.2. The molecule has 0 saturated heterocycles. The third-order valence-corrected chi connectivity index (χ3v) is 7.18. The molecule has 126 valence electrons. The number of allylic oxidation sites excluding steroid dienone is 4. The van der Waals surface area contributed by atoms with Crippen molar-refractivity contribution in [2.75, 3.05) is 0 Å². The van der Waals surface area contributed by atoms with Crippen LogP contribution in [0.5, 0.6) is 0 Å². The molecule has 0 radical (unpaired) electrons. The summed E-state index contributed by atoms with van der Waals surface area (Å²) in [4.78, 5) is 0. The van der Waals surface area contributed by atoms with Gasteiger partial charge in [0.25, 0.3) is 0 Å². The molecule has 1 heterocycles. The molecular formula is C24H17IS. The lowest BCUT2D eigenvalue weighted by atomic mass is 9.97. The first-order valence-electron chi connectivity index (χ1n) is 8.84. The Hall–Kier alpha value is -1.91. The number of fused-ring (bicyclic) bond motifs is 3. The Morgan fingerprint density at radius 2 is 1.46 bits per heavy atom. The van der Waals surface area contributed by atoms with E-state index >= 15 is 0 Å². The molecule has 26 heavy (non-hydrogen) atoms. The summed E-state index contributed by atoms with van der Waals surface area (Å²) in [7, 11) is 0. The fourth-order valence-corrected chi connectivity index (χ4v) is 5.52. The topological polar surface area (TPSA) is 0 Å². The zero-order valence-corrected chi connectivity index (χ0v) is 17.1. The molecule has 1 atom stereocenters. The van der Waals surface area contributed by atoms with Crippen molar-refractivity contribution in [2.45, 2.75) is 10.3 Å². The van der Waals surface area contributed by atoms with E-state index in [4.69, 9.17) is 0 Å². The lowest BCUT2D eigenvalue weighted by Crippen LogP contribution is -1.96. The molecule has 0 amide bonds. The molecule has 5 rings (SSSR count). The zero-order chi connectivity index (χ0) is 17.5. The maximum atomic E-state index is 2.50. The van der Waals surface area contributed by atoms with Gasteiger partial charge in [0.1, 0.15) is 0 Å². The summed E-state index contributed by atoms with van der Waals surface area (Å²) in [5.41, 5.74) is 5.34. The average molecular weight is 464 g/mol. The van der Waals surface area contributed by atoms with Gasteiger partial charge in [0.15, 0.2) is 0 Å². The van der Waals surface area contributed by atoms with Crippen LogP contribution in [-0.4, -0.2) is 3.92 Å². The van der Waals surface area contributed by atoms with E-state index in [0.717, 1.165) is 6.42 Å². The minimum atomic E-state index is 0.614. The number of halogens is 1. The molecule has 1 unspecified atom stereocenters. The Kier molecular flexibility index (Phi) is 4.18. The Bertz CT molecular complexity index is 1160. The lowest BCUT2D eigenvalue weighted by Gasteiger charge is -2.11. The van der Waals surface area contributed by atoms with Crippen molar-refractivity contribution in [3.63, 3.8) is 0 Å². The van der Waals surface area contributed by atoms with Crippen molar-refractivity contribution in [1.29, 1.82) is 0 Å². The van der Waals surface area contributed by atoms with Gasteiger partial charge in [-0.25, -0.2) is 0 Å². The number of thiophene rings is 1. The van der Waals surface area contributed by atoms with Crippen LogP contribution in [0.2, 0.25) is 0 Å². The molecule has 0 N–H and O–H groups in total. The van der Waals surface area contributed by atoms with Gasteiger partial charge in [-0.1, -0.05) is 108 Å². The first-order chi connectivity index (χ1) is 12.8. The van der Waals surface area contributed by atoms with Crippen LogP contribution in [-0.2, 0) is 0 Å². The monoisotopic (exact) mass is 464 g/mol. The van der Waals surface area contributed by atoms with Gasteiger partial charge in [-0.3, -0.25) is 0 Å². The second kappa shape index (κ2) is 6.67. The van der Waals surface area contributed by atoms with E-state index in [-0.39, 0.29) is 0 Å². The second-order valence-corrected chi connectivity index (χ2v) is 9.22. The maximum Gasteiger partial charge on any atom is 0.0434 e. The first kappa shape index (κ1) is 16.3. The van der Waals surface area contributed by atoms with Crippen LogP contribution < -0.4 is 0 Å². The molecule has 3 aromatic carbocycles. The number of alkyl halides is 1. The quantitative estimate of drug-likeness (QED) is 0.209. The van der Waals surface area contributed by atoms with E-state index in [1.165, 1.54) is 42.4 Å². The Labute approximate surface area is 171 Å². The highest BCUT2D eigenvalue weighted by molar-refractivity contribution is 14.1. The minimum Gasteiger partial charge on any atom is -0.134 e. The fourth-order valence-electron chi connectivity index (χ4n) is 3.69. The van der Waals surface area contributed by atoms with E-state index in [0.29, 0.717) is 3.92 Å². The summed E-state index contributed by atoms with van der Waals surface area (Å²) in [5.74, 6) is 0. The molecule has 1 aliphatic rings. The van der Waals surface area contributed by atoms with E-state index in [9.17, 15) is 0 Å². The number of hydrogen-bond acceptors (Lipinski definition) is 1. The molecular weight excluding hydrogens is 447 g/mol. The highest BCUT2D eigenvalue weighted by Crippen LogP contribution is 2.43. The molecule has 0 spiro atoms. The molecule has 4 aromatic rings. The van der Waals surface area contributed by atoms with Gasteiger partial charge >= 0.3 is 0 Å². The number of hydrogen-bond donors (Lipinski definition) is 0. The van der Waals surface area contributed by atoms with Gasteiger partial charge in [-0.15, -0.1) is 11.3 Å². The van der Waals surface area contributed by atoms with Crippen molar-refractivity contribution in [3.8, 4) is 11.1 Å². The molecule has 0 saturated carbocycles. The molecule has 0 fully saturated rings. The Morgan fingerprint density at radius 1 is 0.769 bits per heavy atom. The smallest absolute Gasteiger partial charge is 0.0434 e. The van der Waals surface area contributed by atoms with Crippen LogP contribution in [0.15, 0.2) is 85.0 Å². The van der Waals surface area contributed by atoms with E-state index in [1.807, 2.05) is 11.3 Å². The van der Waals surface area contributed by atoms with Crippen LogP contribution in [0.1, 0.15) is 12.0 Å². The van der Waals surface area contributed by atoms with Gasteiger partial charge in [-0.2, -0.15) is 0 Å². The summed E-state index contributed by atoms with van der Waals surface area (Å²) < 4.78 is 3.39. The van der Waals surface area contributed by atoms with Crippen molar-refractivity contribution in [1.82, 2.24) is 0 Å². The third-order valence-electron chi connectivity index (χ3n) is 4.97. The van der Waals surface area contributed by atoms with Crippen molar-refractivity contribution >= 4 is 59.7 Å². The average Bonchev–Trinajstić information content (AvgIpc) is 3.08. The maximum absolute atomic E-state index is 2.50. The predicted octanol–water partition coefficient (Wildman–Crippen LogP) is 7.87. The molecule has 0 aliphatic heterocycles. The molecule has 1 aliphatic carbocycles. The summed E-state index contributed by atoms with van der Waals surface area (Å²) in [6, 6.07) is 24.1. The molecule has 0 nitrogen and oxygen atoms in total. The van der Waals surface area contributed by atoms with Gasteiger partial charge < -0.3 is 0 Å². The molecule has 2 heteroatoms. The summed E-state index contributed by atoms with van der Waals surface area (Å²) in [5, 5.41) is 2.73. The second-order valence-electron chi connectivity index (χ2n) is 6.60. The summed E-state index contributed by atoms with van der Waals surface area (Å²) >= 11 is 4.43. The molecule has 1 aromatic heterocycles.